The molecule has 0 aromatic heterocycles. The minimum Gasteiger partial charge on any atom is -0.319 e. The van der Waals surface area contributed by atoms with Crippen LogP contribution >= 0.6 is 0 Å². The molecule has 1 aliphatic rings. The van der Waals surface area contributed by atoms with Crippen molar-refractivity contribution >= 4 is 17.4 Å². The number of nitrogens with one attached hydrogen (secondary N) is 1. The summed E-state index contributed by atoms with van der Waals surface area (Å²) < 4.78 is 0. The summed E-state index contributed by atoms with van der Waals surface area (Å²) in [5.41, 5.74) is 1.08. The van der Waals surface area contributed by atoms with E-state index < -0.39 is 4.92 Å². The van der Waals surface area contributed by atoms with Crippen LogP contribution in [0.2, 0.25) is 0 Å². The number of urea groups is 1. The number of nitro groups is 1. The number of carbonyl (C=O) groups is 1. The maximum absolute atomic E-state index is 12.7. The number of nitro benzene ring substituents is 1. The summed E-state index contributed by atoms with van der Waals surface area (Å²) in [6, 6.07) is 4.97. The maximum Gasteiger partial charge on any atom is 0.322 e. The summed E-state index contributed by atoms with van der Waals surface area (Å²) in [4.78, 5) is 25.2. The molecule has 0 radical (unpaired) electrons. The van der Waals surface area contributed by atoms with Crippen LogP contribution < -0.4 is 5.32 Å². The topological polar surface area (TPSA) is 75.5 Å². The number of nitrogens with zero attached hydrogens (tertiary/aromatic N) is 2. The van der Waals surface area contributed by atoms with Crippen molar-refractivity contribution in [3.63, 3.8) is 0 Å². The lowest BCUT2D eigenvalue weighted by Crippen LogP contribution is -2.47. The number of carbonyl (C=O) groups excluding carboxylic acids is 1. The second-order valence-electron chi connectivity index (χ2n) is 6.48. The second kappa shape index (κ2) is 7.44. The summed E-state index contributed by atoms with van der Waals surface area (Å²) in [6.45, 7) is 5.70. The summed E-state index contributed by atoms with van der Waals surface area (Å²) in [5, 5.41) is 13.9. The van der Waals surface area contributed by atoms with E-state index in [1.165, 1.54) is 12.5 Å². The quantitative estimate of drug-likeness (QED) is 0.656. The molecule has 0 bridgehead atoms. The first-order chi connectivity index (χ1) is 10.9. The van der Waals surface area contributed by atoms with Crippen LogP contribution in [0.1, 0.15) is 51.5 Å². The third kappa shape index (κ3) is 4.21. The predicted octanol–water partition coefficient (Wildman–Crippen LogP) is 4.48. The molecule has 0 spiro atoms. The molecule has 6 nitrogen and oxygen atoms in total. The molecule has 2 rings (SSSR count). The Hall–Kier alpha value is -2.11. The molecule has 1 N–H and O–H groups in total. The molecule has 0 heterocycles. The van der Waals surface area contributed by atoms with E-state index in [1.54, 1.807) is 19.1 Å². The van der Waals surface area contributed by atoms with Crippen LogP contribution in [0.15, 0.2) is 18.2 Å². The Bertz CT molecular complexity index is 580. The van der Waals surface area contributed by atoms with E-state index >= 15 is 0 Å². The Labute approximate surface area is 137 Å². The zero-order chi connectivity index (χ0) is 17.0. The highest BCUT2D eigenvalue weighted by Gasteiger charge is 2.27. The largest absolute Gasteiger partial charge is 0.322 e. The lowest BCUT2D eigenvalue weighted by molar-refractivity contribution is -0.385. The van der Waals surface area contributed by atoms with Crippen LogP contribution in [0.5, 0.6) is 0 Å². The van der Waals surface area contributed by atoms with Gasteiger partial charge in [-0.3, -0.25) is 10.1 Å². The highest BCUT2D eigenvalue weighted by Crippen LogP contribution is 2.26. The molecule has 23 heavy (non-hydrogen) atoms. The van der Waals surface area contributed by atoms with E-state index in [2.05, 4.69) is 5.32 Å². The summed E-state index contributed by atoms with van der Waals surface area (Å²) in [7, 11) is 0. The zero-order valence-electron chi connectivity index (χ0n) is 14.0. The first-order valence-corrected chi connectivity index (χ1v) is 8.24. The van der Waals surface area contributed by atoms with Gasteiger partial charge in [-0.2, -0.15) is 0 Å². The highest BCUT2D eigenvalue weighted by atomic mass is 16.6. The molecule has 2 amide bonds. The van der Waals surface area contributed by atoms with Crippen molar-refractivity contribution in [3.05, 3.63) is 33.9 Å². The summed E-state index contributed by atoms with van der Waals surface area (Å²) in [6.07, 6.45) is 5.59. The minimum atomic E-state index is -0.424. The van der Waals surface area contributed by atoms with Crippen LogP contribution in [-0.2, 0) is 0 Å². The van der Waals surface area contributed by atoms with E-state index in [-0.39, 0.29) is 23.8 Å². The van der Waals surface area contributed by atoms with E-state index in [0.29, 0.717) is 11.3 Å². The smallest absolute Gasteiger partial charge is 0.319 e. The van der Waals surface area contributed by atoms with Crippen LogP contribution in [0, 0.1) is 17.0 Å². The standard InChI is InChI=1S/C17H25N3O3/c1-12(2)19(15-7-5-4-6-8-15)17(21)18-14-10-9-13(3)16(11-14)20(22)23/h9-12,15H,4-8H2,1-3H3,(H,18,21). The molecule has 0 saturated heterocycles. The average molecular weight is 319 g/mol. The number of hydrogen-bond donors (Lipinski definition) is 1. The van der Waals surface area contributed by atoms with Crippen LogP contribution in [-0.4, -0.2) is 27.9 Å². The molecule has 0 unspecified atom stereocenters. The molecule has 0 aliphatic heterocycles. The van der Waals surface area contributed by atoms with Crippen LogP contribution in [0.3, 0.4) is 0 Å². The maximum atomic E-state index is 12.7. The normalized spacial score (nSPS) is 15.5. The molecule has 1 aliphatic carbocycles. The first kappa shape index (κ1) is 17.2. The predicted molar refractivity (Wildman–Crippen MR) is 90.7 cm³/mol. The Balaban J connectivity index is 2.15. The van der Waals surface area contributed by atoms with Crippen molar-refractivity contribution in [1.82, 2.24) is 4.90 Å². The molecule has 6 heteroatoms. The van der Waals surface area contributed by atoms with E-state index in [4.69, 9.17) is 0 Å². The minimum absolute atomic E-state index is 0.0246. The van der Waals surface area contributed by atoms with Gasteiger partial charge in [0.25, 0.3) is 5.69 Å². The molecule has 1 saturated carbocycles. The Kier molecular flexibility index (Phi) is 5.58. The van der Waals surface area contributed by atoms with Gasteiger partial charge in [-0.25, -0.2) is 4.79 Å². The van der Waals surface area contributed by atoms with Crippen molar-refractivity contribution in [3.8, 4) is 0 Å². The molecule has 126 valence electrons. The third-order valence-corrected chi connectivity index (χ3v) is 4.42. The van der Waals surface area contributed by atoms with Crippen LogP contribution in [0.4, 0.5) is 16.2 Å². The molecule has 1 fully saturated rings. The van der Waals surface area contributed by atoms with Crippen molar-refractivity contribution in [2.45, 2.75) is 65.0 Å². The average Bonchev–Trinajstić information content (AvgIpc) is 2.49. The Morgan fingerprint density at radius 3 is 2.52 bits per heavy atom. The fourth-order valence-electron chi connectivity index (χ4n) is 3.25. The molecule has 1 aromatic rings. The van der Waals surface area contributed by atoms with Crippen molar-refractivity contribution < 1.29 is 9.72 Å². The first-order valence-electron chi connectivity index (χ1n) is 8.24. The van der Waals surface area contributed by atoms with Gasteiger partial charge in [-0.1, -0.05) is 25.3 Å². The zero-order valence-corrected chi connectivity index (χ0v) is 14.0. The molecular formula is C17H25N3O3. The van der Waals surface area contributed by atoms with Gasteiger partial charge in [-0.15, -0.1) is 0 Å². The fourth-order valence-corrected chi connectivity index (χ4v) is 3.25. The fraction of sp³-hybridized carbons (Fsp3) is 0.588. The van der Waals surface area contributed by atoms with Crippen molar-refractivity contribution in [1.29, 1.82) is 0 Å². The van der Waals surface area contributed by atoms with E-state index in [9.17, 15) is 14.9 Å². The summed E-state index contributed by atoms with van der Waals surface area (Å²) >= 11 is 0. The number of anilines is 1. The summed E-state index contributed by atoms with van der Waals surface area (Å²) in [5.74, 6) is 0. The number of aryl methyl sites for hydroxylation is 1. The third-order valence-electron chi connectivity index (χ3n) is 4.42. The Morgan fingerprint density at radius 2 is 1.96 bits per heavy atom. The van der Waals surface area contributed by atoms with Gasteiger partial charge in [-0.05, 0) is 39.7 Å². The van der Waals surface area contributed by atoms with Gasteiger partial charge >= 0.3 is 6.03 Å². The van der Waals surface area contributed by atoms with Gasteiger partial charge in [0.1, 0.15) is 0 Å². The number of benzene rings is 1. The van der Waals surface area contributed by atoms with E-state index in [1.807, 2.05) is 18.7 Å². The van der Waals surface area contributed by atoms with Crippen molar-refractivity contribution in [2.24, 2.45) is 0 Å². The second-order valence-corrected chi connectivity index (χ2v) is 6.48. The monoisotopic (exact) mass is 319 g/mol. The molecule has 1 aromatic carbocycles. The highest BCUT2D eigenvalue weighted by molar-refractivity contribution is 5.90. The Morgan fingerprint density at radius 1 is 1.30 bits per heavy atom. The SMILES string of the molecule is Cc1ccc(NC(=O)N(C(C)C)C2CCCCC2)cc1[N+](=O)[O-]. The van der Waals surface area contributed by atoms with Crippen molar-refractivity contribution in [2.75, 3.05) is 5.32 Å². The van der Waals surface area contributed by atoms with Crippen LogP contribution in [0.25, 0.3) is 0 Å². The lowest BCUT2D eigenvalue weighted by atomic mass is 9.93. The molecular weight excluding hydrogens is 294 g/mol. The number of amides is 2. The molecule has 0 atom stereocenters. The van der Waals surface area contributed by atoms with Gasteiger partial charge in [0.15, 0.2) is 0 Å². The van der Waals surface area contributed by atoms with Gasteiger partial charge in [0.2, 0.25) is 0 Å². The number of rotatable bonds is 4. The lowest BCUT2D eigenvalue weighted by Gasteiger charge is -2.37. The van der Waals surface area contributed by atoms with Gasteiger partial charge < -0.3 is 10.2 Å². The van der Waals surface area contributed by atoms with Gasteiger partial charge in [0.05, 0.1) is 4.92 Å². The number of hydrogen-bond acceptors (Lipinski definition) is 3. The van der Waals surface area contributed by atoms with Gasteiger partial charge in [0, 0.05) is 29.4 Å². The van der Waals surface area contributed by atoms with E-state index in [0.717, 1.165) is 25.7 Å².